The van der Waals surface area contributed by atoms with Crippen molar-refractivity contribution in [1.82, 2.24) is 10.2 Å². The second-order valence-electron chi connectivity index (χ2n) is 5.73. The zero-order chi connectivity index (χ0) is 18.0. The summed E-state index contributed by atoms with van der Waals surface area (Å²) in [5, 5.41) is 2.94. The standard InChI is InChI=1S/C15H17ClF6N2.2ClH/c16-12-8-10(7-11(9-12)15(20,21)22)13(1-2-14(17,18)19)24-5-3-23-4-6-24;;/h7-9,13,23H,1-6H2;2*1H/t13-;;/m1../s1. The zero-order valence-corrected chi connectivity index (χ0v) is 15.9. The zero-order valence-electron chi connectivity index (χ0n) is 13.5. The monoisotopic (exact) mass is 446 g/mol. The predicted octanol–water partition coefficient (Wildman–Crippen LogP) is 5.49. The fourth-order valence-electron chi connectivity index (χ4n) is 2.82. The van der Waals surface area contributed by atoms with Gasteiger partial charge in [-0.05, 0) is 30.2 Å². The van der Waals surface area contributed by atoms with E-state index in [1.807, 2.05) is 0 Å². The van der Waals surface area contributed by atoms with Crippen molar-refractivity contribution in [3.63, 3.8) is 0 Å². The normalized spacial score (nSPS) is 17.2. The van der Waals surface area contributed by atoms with Crippen LogP contribution in [0.25, 0.3) is 0 Å². The van der Waals surface area contributed by atoms with Crippen LogP contribution in [-0.2, 0) is 6.18 Å². The molecule has 1 atom stereocenters. The second kappa shape index (κ2) is 10.2. The SMILES string of the molecule is Cl.Cl.FC(F)(F)CC[C@H](c1cc(Cl)cc(C(F)(F)F)c1)N1CCNCC1. The van der Waals surface area contributed by atoms with Crippen LogP contribution in [0.2, 0.25) is 5.02 Å². The molecule has 1 fully saturated rings. The first-order valence-electron chi connectivity index (χ1n) is 7.45. The summed E-state index contributed by atoms with van der Waals surface area (Å²) in [6, 6.07) is 2.24. The summed E-state index contributed by atoms with van der Waals surface area (Å²) in [7, 11) is 0. The van der Waals surface area contributed by atoms with Crippen molar-refractivity contribution in [3.8, 4) is 0 Å². The van der Waals surface area contributed by atoms with Gasteiger partial charge in [-0.3, -0.25) is 4.90 Å². The van der Waals surface area contributed by atoms with Crippen LogP contribution in [0, 0.1) is 0 Å². The third kappa shape index (κ3) is 7.68. The van der Waals surface area contributed by atoms with Crippen molar-refractivity contribution in [2.75, 3.05) is 26.2 Å². The minimum atomic E-state index is -4.60. The van der Waals surface area contributed by atoms with Crippen molar-refractivity contribution in [2.45, 2.75) is 31.2 Å². The fraction of sp³-hybridized carbons (Fsp3) is 0.600. The summed E-state index contributed by atoms with van der Waals surface area (Å²) < 4.78 is 76.7. The van der Waals surface area contributed by atoms with Crippen molar-refractivity contribution >= 4 is 36.4 Å². The van der Waals surface area contributed by atoms with E-state index in [0.29, 0.717) is 26.2 Å². The molecule has 0 aliphatic carbocycles. The number of nitrogens with zero attached hydrogens (tertiary/aromatic N) is 1. The van der Waals surface area contributed by atoms with Gasteiger partial charge < -0.3 is 5.32 Å². The summed E-state index contributed by atoms with van der Waals surface area (Å²) in [5.41, 5.74) is -0.780. The van der Waals surface area contributed by atoms with Crippen molar-refractivity contribution in [3.05, 3.63) is 34.3 Å². The summed E-state index contributed by atoms with van der Waals surface area (Å²) in [6.45, 7) is 2.09. The quantitative estimate of drug-likeness (QED) is 0.614. The molecule has 26 heavy (non-hydrogen) atoms. The van der Waals surface area contributed by atoms with Gasteiger partial charge in [-0.1, -0.05) is 11.6 Å². The highest BCUT2D eigenvalue weighted by Crippen LogP contribution is 2.37. The van der Waals surface area contributed by atoms with Gasteiger partial charge in [0.15, 0.2) is 0 Å². The summed E-state index contributed by atoms with van der Waals surface area (Å²) in [4.78, 5) is 1.77. The van der Waals surface area contributed by atoms with Gasteiger partial charge in [-0.25, -0.2) is 0 Å². The second-order valence-corrected chi connectivity index (χ2v) is 6.16. The van der Waals surface area contributed by atoms with Gasteiger partial charge >= 0.3 is 12.4 Å². The molecule has 0 radical (unpaired) electrons. The largest absolute Gasteiger partial charge is 0.416 e. The highest BCUT2D eigenvalue weighted by Gasteiger charge is 2.34. The predicted molar refractivity (Wildman–Crippen MR) is 93.4 cm³/mol. The molecule has 0 spiro atoms. The Morgan fingerprint density at radius 3 is 2.08 bits per heavy atom. The number of rotatable bonds is 4. The van der Waals surface area contributed by atoms with E-state index in [-0.39, 0.29) is 41.8 Å². The molecule has 1 aliphatic heterocycles. The van der Waals surface area contributed by atoms with Gasteiger partial charge in [-0.2, -0.15) is 26.3 Å². The molecule has 152 valence electrons. The summed E-state index contributed by atoms with van der Waals surface area (Å²) in [5.74, 6) is 0. The van der Waals surface area contributed by atoms with Crippen LogP contribution in [0.5, 0.6) is 0 Å². The molecule has 2 nitrogen and oxygen atoms in total. The van der Waals surface area contributed by atoms with E-state index in [1.54, 1.807) is 4.90 Å². The topological polar surface area (TPSA) is 15.3 Å². The average molecular weight is 448 g/mol. The minimum Gasteiger partial charge on any atom is -0.314 e. The van der Waals surface area contributed by atoms with Gasteiger partial charge in [0.25, 0.3) is 0 Å². The van der Waals surface area contributed by atoms with E-state index >= 15 is 0 Å². The minimum absolute atomic E-state index is 0. The van der Waals surface area contributed by atoms with E-state index in [1.165, 1.54) is 6.07 Å². The van der Waals surface area contributed by atoms with Crippen LogP contribution < -0.4 is 5.32 Å². The first-order chi connectivity index (χ1) is 11.1. The van der Waals surface area contributed by atoms with E-state index in [9.17, 15) is 26.3 Å². The summed E-state index contributed by atoms with van der Waals surface area (Å²) >= 11 is 5.78. The Morgan fingerprint density at radius 1 is 1.00 bits per heavy atom. The maximum Gasteiger partial charge on any atom is 0.416 e. The molecule has 0 saturated carbocycles. The number of halogens is 9. The molecule has 1 aliphatic rings. The molecule has 11 heteroatoms. The lowest BCUT2D eigenvalue weighted by molar-refractivity contribution is -0.140. The lowest BCUT2D eigenvalue weighted by atomic mass is 9.97. The molecule has 1 aromatic carbocycles. The fourth-order valence-corrected chi connectivity index (χ4v) is 3.07. The number of benzene rings is 1. The molecule has 0 aromatic heterocycles. The van der Waals surface area contributed by atoms with E-state index in [2.05, 4.69) is 5.32 Å². The molecule has 0 unspecified atom stereocenters. The Hall–Kier alpha value is -0.410. The van der Waals surface area contributed by atoms with Crippen LogP contribution in [0.3, 0.4) is 0 Å². The van der Waals surface area contributed by atoms with E-state index in [4.69, 9.17) is 11.6 Å². The Kier molecular flexibility index (Phi) is 10.1. The van der Waals surface area contributed by atoms with Gasteiger partial charge in [0, 0.05) is 43.7 Å². The van der Waals surface area contributed by atoms with Crippen LogP contribution in [0.15, 0.2) is 18.2 Å². The van der Waals surface area contributed by atoms with Crippen LogP contribution in [0.4, 0.5) is 26.3 Å². The third-order valence-electron chi connectivity index (χ3n) is 3.93. The Labute approximate surface area is 165 Å². The first kappa shape index (κ1) is 25.6. The van der Waals surface area contributed by atoms with Gasteiger partial charge in [0.1, 0.15) is 0 Å². The van der Waals surface area contributed by atoms with Gasteiger partial charge in [0.2, 0.25) is 0 Å². The maximum atomic E-state index is 13.0. The lowest BCUT2D eigenvalue weighted by Gasteiger charge is -2.35. The van der Waals surface area contributed by atoms with Crippen molar-refractivity contribution in [2.24, 2.45) is 0 Å². The average Bonchev–Trinajstić information content (AvgIpc) is 2.46. The number of hydrogen-bond acceptors (Lipinski definition) is 2. The van der Waals surface area contributed by atoms with Crippen LogP contribution in [0.1, 0.15) is 30.0 Å². The molecular formula is C15H19Cl3F6N2. The number of hydrogen-bond donors (Lipinski definition) is 1. The third-order valence-corrected chi connectivity index (χ3v) is 4.14. The Morgan fingerprint density at radius 2 is 1.58 bits per heavy atom. The van der Waals surface area contributed by atoms with Crippen LogP contribution >= 0.6 is 36.4 Å². The van der Waals surface area contributed by atoms with Crippen molar-refractivity contribution < 1.29 is 26.3 Å². The smallest absolute Gasteiger partial charge is 0.314 e. The molecule has 1 N–H and O–H groups in total. The van der Waals surface area contributed by atoms with Gasteiger partial charge in [-0.15, -0.1) is 24.8 Å². The molecule has 0 bridgehead atoms. The molecule has 1 aromatic rings. The van der Waals surface area contributed by atoms with Crippen LogP contribution in [-0.4, -0.2) is 37.3 Å². The highest BCUT2D eigenvalue weighted by molar-refractivity contribution is 6.30. The number of alkyl halides is 6. The van der Waals surface area contributed by atoms with E-state index in [0.717, 1.165) is 12.1 Å². The summed E-state index contributed by atoms with van der Waals surface area (Å²) in [6.07, 6.45) is -10.3. The van der Waals surface area contributed by atoms with Crippen molar-refractivity contribution in [1.29, 1.82) is 0 Å². The maximum absolute atomic E-state index is 13.0. The molecule has 0 amide bonds. The Bertz CT molecular complexity index is 559. The number of piperazine rings is 1. The molecule has 1 saturated heterocycles. The van der Waals surface area contributed by atoms with Gasteiger partial charge in [0.05, 0.1) is 5.56 Å². The van der Waals surface area contributed by atoms with E-state index < -0.39 is 30.4 Å². The molecule has 2 rings (SSSR count). The Balaban J connectivity index is 0.00000312. The highest BCUT2D eigenvalue weighted by atomic mass is 35.5. The first-order valence-corrected chi connectivity index (χ1v) is 7.83. The number of nitrogens with one attached hydrogen (secondary N) is 1. The molecular weight excluding hydrogens is 429 g/mol. The molecule has 1 heterocycles. The lowest BCUT2D eigenvalue weighted by Crippen LogP contribution is -2.45.